The molecule has 2 amide bonds. The van der Waals surface area contributed by atoms with E-state index in [1.807, 2.05) is 0 Å². The Bertz CT molecular complexity index is 721. The first-order chi connectivity index (χ1) is 11.8. The highest BCUT2D eigenvalue weighted by Crippen LogP contribution is 2.38. The molecule has 0 saturated carbocycles. The monoisotopic (exact) mass is 386 g/mol. The number of hydrogen-bond donors (Lipinski definition) is 0. The number of carbonyl (C=O) groups is 2. The summed E-state index contributed by atoms with van der Waals surface area (Å²) in [6, 6.07) is 4.18. The number of halogens is 2. The van der Waals surface area contributed by atoms with E-state index >= 15 is 0 Å². The number of methoxy groups -OCH3 is 1. The van der Waals surface area contributed by atoms with Crippen molar-refractivity contribution >= 4 is 35.2 Å². The number of rotatable bonds is 5. The van der Waals surface area contributed by atoms with E-state index in [0.29, 0.717) is 33.5 Å². The molecular formula is C17H20Cl2N2O4. The number of urea groups is 1. The highest BCUT2D eigenvalue weighted by molar-refractivity contribution is 6.42. The van der Waals surface area contributed by atoms with E-state index in [0.717, 1.165) is 0 Å². The van der Waals surface area contributed by atoms with E-state index in [1.165, 1.54) is 16.9 Å². The molecule has 6 nitrogen and oxygen atoms in total. The Hall–Kier alpha value is -1.76. The summed E-state index contributed by atoms with van der Waals surface area (Å²) in [5.74, 6) is -0.503. The summed E-state index contributed by atoms with van der Waals surface area (Å²) in [7, 11) is 4.76. The molecule has 1 atom stereocenters. The molecule has 1 aliphatic heterocycles. The third-order valence-corrected chi connectivity index (χ3v) is 4.88. The molecule has 0 aliphatic carbocycles. The first-order valence-electron chi connectivity index (χ1n) is 7.61. The summed E-state index contributed by atoms with van der Waals surface area (Å²) >= 11 is 12.1. The molecule has 0 spiro atoms. The molecule has 0 N–H and O–H groups in total. The Morgan fingerprint density at radius 1 is 1.20 bits per heavy atom. The van der Waals surface area contributed by atoms with Gasteiger partial charge in [-0.15, -0.1) is 0 Å². The van der Waals surface area contributed by atoms with Crippen molar-refractivity contribution in [3.63, 3.8) is 0 Å². The van der Waals surface area contributed by atoms with Crippen LogP contribution in [-0.2, 0) is 14.3 Å². The van der Waals surface area contributed by atoms with Crippen LogP contribution < -0.4 is 0 Å². The quantitative estimate of drug-likeness (QED) is 0.573. The van der Waals surface area contributed by atoms with Crippen molar-refractivity contribution in [3.8, 4) is 0 Å². The second-order valence-electron chi connectivity index (χ2n) is 5.66. The third-order valence-electron chi connectivity index (χ3n) is 4.14. The lowest BCUT2D eigenvalue weighted by atomic mass is 9.94. The van der Waals surface area contributed by atoms with E-state index in [4.69, 9.17) is 32.7 Å². The molecule has 1 aromatic carbocycles. The Labute approximate surface area is 156 Å². The van der Waals surface area contributed by atoms with Crippen molar-refractivity contribution < 1.29 is 19.1 Å². The lowest BCUT2D eigenvalue weighted by Gasteiger charge is -2.39. The van der Waals surface area contributed by atoms with E-state index in [-0.39, 0.29) is 12.6 Å². The number of hydrogen-bond acceptors (Lipinski definition) is 4. The van der Waals surface area contributed by atoms with Crippen LogP contribution in [0.5, 0.6) is 0 Å². The summed E-state index contributed by atoms with van der Waals surface area (Å²) in [5, 5.41) is 0.751. The topological polar surface area (TPSA) is 59.1 Å². The van der Waals surface area contributed by atoms with Gasteiger partial charge in [0.1, 0.15) is 6.61 Å². The van der Waals surface area contributed by atoms with Crippen molar-refractivity contribution in [2.75, 3.05) is 34.4 Å². The minimum Gasteiger partial charge on any atom is -0.460 e. The zero-order valence-corrected chi connectivity index (χ0v) is 16.0. The van der Waals surface area contributed by atoms with Crippen LogP contribution in [0.15, 0.2) is 29.5 Å². The molecule has 1 aliphatic rings. The molecule has 8 heteroatoms. The standard InChI is InChI=1S/C17H20Cl2N2O4/c1-10-14(16(22)25-8-7-24-4)15(21(3)17(23)20(10)2)11-5-6-12(18)13(19)9-11/h5-6,9,15H,7-8H2,1-4H3/t15-/m0/s1. The SMILES string of the molecule is COCCOC(=O)C1=C(C)N(C)C(=O)N(C)[C@H]1c1ccc(Cl)c(Cl)c1. The van der Waals surface area contributed by atoms with Gasteiger partial charge in [-0.1, -0.05) is 29.3 Å². The first-order valence-corrected chi connectivity index (χ1v) is 8.37. The van der Waals surface area contributed by atoms with Crippen molar-refractivity contribution in [2.24, 2.45) is 0 Å². The van der Waals surface area contributed by atoms with Crippen LogP contribution in [0.1, 0.15) is 18.5 Å². The number of ether oxygens (including phenoxy) is 2. The van der Waals surface area contributed by atoms with E-state index < -0.39 is 12.0 Å². The highest BCUT2D eigenvalue weighted by atomic mass is 35.5. The van der Waals surface area contributed by atoms with E-state index in [1.54, 1.807) is 39.2 Å². The molecule has 0 bridgehead atoms. The number of likely N-dealkylation sites (N-methyl/N-ethyl adjacent to an activating group) is 1. The van der Waals surface area contributed by atoms with Crippen molar-refractivity contribution in [1.82, 2.24) is 9.80 Å². The predicted molar refractivity (Wildman–Crippen MR) is 95.7 cm³/mol. The lowest BCUT2D eigenvalue weighted by molar-refractivity contribution is -0.141. The molecule has 0 radical (unpaired) electrons. The van der Waals surface area contributed by atoms with Gasteiger partial charge in [-0.05, 0) is 24.6 Å². The number of esters is 1. The molecule has 0 saturated heterocycles. The maximum Gasteiger partial charge on any atom is 0.338 e. The van der Waals surface area contributed by atoms with Gasteiger partial charge < -0.3 is 19.3 Å². The Kier molecular flexibility index (Phi) is 6.32. The smallest absolute Gasteiger partial charge is 0.338 e. The van der Waals surface area contributed by atoms with Crippen LogP contribution in [0.3, 0.4) is 0 Å². The van der Waals surface area contributed by atoms with E-state index in [9.17, 15) is 9.59 Å². The summed E-state index contributed by atoms with van der Waals surface area (Å²) in [6.07, 6.45) is 0. The number of nitrogens with zero attached hydrogens (tertiary/aromatic N) is 2. The Morgan fingerprint density at radius 2 is 1.88 bits per heavy atom. The molecule has 0 fully saturated rings. The Morgan fingerprint density at radius 3 is 2.48 bits per heavy atom. The zero-order valence-electron chi connectivity index (χ0n) is 14.5. The maximum absolute atomic E-state index is 12.7. The summed E-state index contributed by atoms with van der Waals surface area (Å²) in [4.78, 5) is 28.0. The average molecular weight is 387 g/mol. The molecule has 1 heterocycles. The van der Waals surface area contributed by atoms with Gasteiger partial charge in [0.05, 0.1) is 28.3 Å². The molecule has 0 unspecified atom stereocenters. The van der Waals surface area contributed by atoms with Gasteiger partial charge in [-0.3, -0.25) is 0 Å². The summed E-state index contributed by atoms with van der Waals surface area (Å²) < 4.78 is 10.2. The normalized spacial score (nSPS) is 18.0. The second kappa shape index (κ2) is 8.08. The van der Waals surface area contributed by atoms with Crippen molar-refractivity contribution in [1.29, 1.82) is 0 Å². The maximum atomic E-state index is 12.7. The highest BCUT2D eigenvalue weighted by Gasteiger charge is 2.39. The minimum atomic E-state index is -0.617. The minimum absolute atomic E-state index is 0.127. The number of amides is 2. The van der Waals surface area contributed by atoms with Gasteiger partial charge in [0.2, 0.25) is 0 Å². The third kappa shape index (κ3) is 3.92. The molecule has 2 rings (SSSR count). The molecule has 136 valence electrons. The van der Waals surface area contributed by atoms with Crippen LogP contribution >= 0.6 is 23.2 Å². The molecular weight excluding hydrogens is 367 g/mol. The average Bonchev–Trinajstić information content (AvgIpc) is 2.58. The van der Waals surface area contributed by atoms with Crippen LogP contribution in [0.25, 0.3) is 0 Å². The number of benzene rings is 1. The van der Waals surface area contributed by atoms with E-state index in [2.05, 4.69) is 0 Å². The fourth-order valence-corrected chi connectivity index (χ4v) is 3.00. The van der Waals surface area contributed by atoms with Crippen LogP contribution in [0.4, 0.5) is 4.79 Å². The fraction of sp³-hybridized carbons (Fsp3) is 0.412. The number of allylic oxidation sites excluding steroid dienone is 1. The lowest BCUT2D eigenvalue weighted by Crippen LogP contribution is -2.47. The van der Waals surface area contributed by atoms with Gasteiger partial charge in [-0.25, -0.2) is 9.59 Å². The van der Waals surface area contributed by atoms with Gasteiger partial charge in [0.25, 0.3) is 0 Å². The Balaban J connectivity index is 2.49. The van der Waals surface area contributed by atoms with Crippen molar-refractivity contribution in [3.05, 3.63) is 45.1 Å². The molecule has 0 aromatic heterocycles. The first kappa shape index (κ1) is 19.6. The molecule has 1 aromatic rings. The van der Waals surface area contributed by atoms with Gasteiger partial charge in [0, 0.05) is 26.9 Å². The van der Waals surface area contributed by atoms with Gasteiger partial charge in [0.15, 0.2) is 0 Å². The van der Waals surface area contributed by atoms with Gasteiger partial charge in [-0.2, -0.15) is 0 Å². The molecule has 25 heavy (non-hydrogen) atoms. The van der Waals surface area contributed by atoms with Crippen LogP contribution in [0, 0.1) is 0 Å². The van der Waals surface area contributed by atoms with Crippen molar-refractivity contribution in [2.45, 2.75) is 13.0 Å². The summed E-state index contributed by atoms with van der Waals surface area (Å²) in [5.41, 5.74) is 1.58. The fourth-order valence-electron chi connectivity index (χ4n) is 2.69. The zero-order chi connectivity index (χ0) is 18.7. The van der Waals surface area contributed by atoms with Crippen LogP contribution in [0.2, 0.25) is 10.0 Å². The second-order valence-corrected chi connectivity index (χ2v) is 6.47. The summed E-state index contributed by atoms with van der Waals surface area (Å²) in [6.45, 7) is 2.13. The predicted octanol–water partition coefficient (Wildman–Crippen LogP) is 3.50. The van der Waals surface area contributed by atoms with Crippen LogP contribution in [-0.4, -0.2) is 56.2 Å². The number of carbonyl (C=O) groups excluding carboxylic acids is 2. The van der Waals surface area contributed by atoms with Gasteiger partial charge >= 0.3 is 12.0 Å². The largest absolute Gasteiger partial charge is 0.460 e.